The van der Waals surface area contributed by atoms with Crippen molar-refractivity contribution in [1.82, 2.24) is 19.8 Å². The molecule has 1 aliphatic rings. The molecule has 2 rings (SSSR count). The summed E-state index contributed by atoms with van der Waals surface area (Å²) in [6.07, 6.45) is 5.57. The Morgan fingerprint density at radius 2 is 2.17 bits per heavy atom. The molecule has 1 saturated heterocycles. The molecule has 1 N–H and O–H groups in total. The zero-order valence-corrected chi connectivity index (χ0v) is 15.2. The molecule has 1 fully saturated rings. The zero-order valence-electron chi connectivity index (χ0n) is 15.2. The molecular formula is C17H30N4O2. The maximum absolute atomic E-state index is 12.4. The number of likely N-dealkylation sites (tertiary alicyclic amines) is 1. The van der Waals surface area contributed by atoms with E-state index in [4.69, 9.17) is 4.74 Å². The Bertz CT molecular complexity index is 535. The highest BCUT2D eigenvalue weighted by molar-refractivity contribution is 5.68. The monoisotopic (exact) mass is 322 g/mol. The average Bonchev–Trinajstić information content (AvgIpc) is 2.85. The fraction of sp³-hybridized carbons (Fsp3) is 0.765. The van der Waals surface area contributed by atoms with Gasteiger partial charge in [0.1, 0.15) is 11.4 Å². The van der Waals surface area contributed by atoms with Crippen molar-refractivity contribution in [3.05, 3.63) is 18.2 Å². The van der Waals surface area contributed by atoms with Gasteiger partial charge in [0.2, 0.25) is 0 Å². The number of carbonyl (C=O) groups excluding carboxylic acids is 1. The van der Waals surface area contributed by atoms with E-state index in [0.29, 0.717) is 0 Å². The molecule has 6 heteroatoms. The van der Waals surface area contributed by atoms with Crippen LogP contribution in [0.15, 0.2) is 12.4 Å². The molecule has 0 radical (unpaired) electrons. The van der Waals surface area contributed by atoms with Crippen LogP contribution in [0.4, 0.5) is 4.79 Å². The van der Waals surface area contributed by atoms with Crippen LogP contribution in [0.1, 0.15) is 59.3 Å². The van der Waals surface area contributed by atoms with Gasteiger partial charge in [-0.2, -0.15) is 0 Å². The molecule has 2 heterocycles. The summed E-state index contributed by atoms with van der Waals surface area (Å²) >= 11 is 0. The quantitative estimate of drug-likeness (QED) is 0.929. The highest BCUT2D eigenvalue weighted by atomic mass is 16.6. The highest BCUT2D eigenvalue weighted by Crippen LogP contribution is 2.23. The van der Waals surface area contributed by atoms with Gasteiger partial charge in [0.25, 0.3) is 0 Å². The molecule has 0 aromatic carbocycles. The van der Waals surface area contributed by atoms with E-state index in [1.54, 1.807) is 0 Å². The van der Waals surface area contributed by atoms with Gasteiger partial charge in [-0.1, -0.05) is 0 Å². The third kappa shape index (κ3) is 4.47. The van der Waals surface area contributed by atoms with Gasteiger partial charge in [-0.25, -0.2) is 9.78 Å². The summed E-state index contributed by atoms with van der Waals surface area (Å²) < 4.78 is 7.56. The van der Waals surface area contributed by atoms with Crippen molar-refractivity contribution < 1.29 is 9.53 Å². The minimum Gasteiger partial charge on any atom is -0.444 e. The lowest BCUT2D eigenvalue weighted by Crippen LogP contribution is -2.55. The van der Waals surface area contributed by atoms with Gasteiger partial charge in [-0.05, 0) is 47.5 Å². The number of ether oxygens (including phenoxy) is 1. The van der Waals surface area contributed by atoms with Crippen LogP contribution in [-0.2, 0) is 11.8 Å². The Morgan fingerprint density at radius 3 is 2.74 bits per heavy atom. The number of aryl methyl sites for hydroxylation is 1. The first-order valence-corrected chi connectivity index (χ1v) is 8.42. The number of aromatic nitrogens is 2. The predicted molar refractivity (Wildman–Crippen MR) is 90.2 cm³/mol. The third-order valence-electron chi connectivity index (χ3n) is 4.33. The second-order valence-electron chi connectivity index (χ2n) is 7.45. The molecule has 23 heavy (non-hydrogen) atoms. The summed E-state index contributed by atoms with van der Waals surface area (Å²) in [6.45, 7) is 10.7. The van der Waals surface area contributed by atoms with E-state index in [-0.39, 0.29) is 24.2 Å². The molecule has 1 aliphatic heterocycles. The number of piperidine rings is 1. The summed E-state index contributed by atoms with van der Waals surface area (Å²) in [6, 6.07) is 0.477. The first kappa shape index (κ1) is 17.8. The van der Waals surface area contributed by atoms with E-state index in [9.17, 15) is 4.79 Å². The topological polar surface area (TPSA) is 59.4 Å². The number of nitrogens with one attached hydrogen (secondary N) is 1. The van der Waals surface area contributed by atoms with Crippen molar-refractivity contribution in [2.75, 3.05) is 6.54 Å². The van der Waals surface area contributed by atoms with E-state index in [0.717, 1.165) is 25.2 Å². The van der Waals surface area contributed by atoms with Gasteiger partial charge >= 0.3 is 6.09 Å². The summed E-state index contributed by atoms with van der Waals surface area (Å²) in [5.41, 5.74) is -0.461. The predicted octanol–water partition coefficient (Wildman–Crippen LogP) is 2.86. The molecule has 3 unspecified atom stereocenters. The van der Waals surface area contributed by atoms with Gasteiger partial charge in [0.05, 0.1) is 6.04 Å². The van der Waals surface area contributed by atoms with E-state index < -0.39 is 5.60 Å². The number of hydrogen-bond donors (Lipinski definition) is 1. The second kappa shape index (κ2) is 6.91. The fourth-order valence-corrected chi connectivity index (χ4v) is 3.13. The fourth-order valence-electron chi connectivity index (χ4n) is 3.13. The van der Waals surface area contributed by atoms with Crippen molar-refractivity contribution >= 4 is 6.09 Å². The van der Waals surface area contributed by atoms with Crippen LogP contribution < -0.4 is 5.32 Å². The Morgan fingerprint density at radius 1 is 1.48 bits per heavy atom. The maximum atomic E-state index is 12.4. The molecule has 6 nitrogen and oxygen atoms in total. The van der Waals surface area contributed by atoms with Crippen LogP contribution >= 0.6 is 0 Å². The van der Waals surface area contributed by atoms with Crippen molar-refractivity contribution in [3.63, 3.8) is 0 Å². The van der Waals surface area contributed by atoms with Crippen LogP contribution in [-0.4, -0.2) is 44.8 Å². The zero-order chi connectivity index (χ0) is 17.2. The SMILES string of the molecule is CC(NC1CCCN(C(=O)OC(C)(C)C)C1C)c1nccn1C. The highest BCUT2D eigenvalue weighted by Gasteiger charge is 2.34. The lowest BCUT2D eigenvalue weighted by molar-refractivity contribution is 0.00635. The Balaban J connectivity index is 2.00. The molecular weight excluding hydrogens is 292 g/mol. The van der Waals surface area contributed by atoms with Gasteiger partial charge in [-0.3, -0.25) is 0 Å². The number of carbonyl (C=O) groups is 1. The van der Waals surface area contributed by atoms with E-state index in [1.807, 2.05) is 49.7 Å². The molecule has 1 amide bonds. The molecule has 0 aliphatic carbocycles. The van der Waals surface area contributed by atoms with Crippen LogP contribution in [0.25, 0.3) is 0 Å². The van der Waals surface area contributed by atoms with Gasteiger partial charge in [0.15, 0.2) is 0 Å². The third-order valence-corrected chi connectivity index (χ3v) is 4.33. The van der Waals surface area contributed by atoms with E-state index >= 15 is 0 Å². The normalized spacial score (nSPS) is 23.7. The maximum Gasteiger partial charge on any atom is 0.410 e. The number of hydrogen-bond acceptors (Lipinski definition) is 4. The minimum absolute atomic E-state index is 0.0984. The number of imidazole rings is 1. The average molecular weight is 322 g/mol. The molecule has 0 saturated carbocycles. The van der Waals surface area contributed by atoms with Crippen LogP contribution in [0.5, 0.6) is 0 Å². The standard InChI is InChI=1S/C17H30N4O2/c1-12(15-18-9-11-20(15)6)19-14-8-7-10-21(13(14)2)16(22)23-17(3,4)5/h9,11-14,19H,7-8,10H2,1-6H3. The summed E-state index contributed by atoms with van der Waals surface area (Å²) in [4.78, 5) is 18.6. The largest absolute Gasteiger partial charge is 0.444 e. The minimum atomic E-state index is -0.461. The Labute approximate surface area is 139 Å². The molecule has 0 bridgehead atoms. The van der Waals surface area contributed by atoms with Crippen LogP contribution in [0.3, 0.4) is 0 Å². The molecule has 1 aromatic heterocycles. The van der Waals surface area contributed by atoms with Crippen molar-refractivity contribution in [1.29, 1.82) is 0 Å². The Kier molecular flexibility index (Phi) is 5.34. The first-order valence-electron chi connectivity index (χ1n) is 8.42. The van der Waals surface area contributed by atoms with Gasteiger partial charge < -0.3 is 19.5 Å². The number of nitrogens with zero attached hydrogens (tertiary/aromatic N) is 3. The molecule has 3 atom stereocenters. The van der Waals surface area contributed by atoms with Gasteiger partial charge in [0, 0.05) is 38.1 Å². The molecule has 130 valence electrons. The second-order valence-corrected chi connectivity index (χ2v) is 7.45. The number of rotatable bonds is 3. The van der Waals surface area contributed by atoms with Crippen molar-refractivity contribution in [2.24, 2.45) is 7.05 Å². The summed E-state index contributed by atoms with van der Waals surface area (Å²) in [7, 11) is 2.00. The first-order chi connectivity index (χ1) is 10.7. The van der Waals surface area contributed by atoms with E-state index in [2.05, 4.69) is 24.1 Å². The van der Waals surface area contributed by atoms with Crippen LogP contribution in [0, 0.1) is 0 Å². The molecule has 1 aromatic rings. The Hall–Kier alpha value is -1.56. The van der Waals surface area contributed by atoms with Crippen molar-refractivity contribution in [3.8, 4) is 0 Å². The summed E-state index contributed by atoms with van der Waals surface area (Å²) in [5.74, 6) is 1.01. The molecule has 0 spiro atoms. The lowest BCUT2D eigenvalue weighted by atomic mass is 9.97. The van der Waals surface area contributed by atoms with Crippen molar-refractivity contribution in [2.45, 2.75) is 71.2 Å². The van der Waals surface area contributed by atoms with Crippen LogP contribution in [0.2, 0.25) is 0 Å². The van der Waals surface area contributed by atoms with Gasteiger partial charge in [-0.15, -0.1) is 0 Å². The summed E-state index contributed by atoms with van der Waals surface area (Å²) in [5, 5.41) is 3.63. The van der Waals surface area contributed by atoms with E-state index in [1.165, 1.54) is 0 Å². The number of amides is 1. The smallest absolute Gasteiger partial charge is 0.410 e. The lowest BCUT2D eigenvalue weighted by Gasteiger charge is -2.41.